The van der Waals surface area contributed by atoms with Crippen LogP contribution in [0, 0.1) is 5.92 Å². The van der Waals surface area contributed by atoms with E-state index in [1.165, 1.54) is 17.8 Å². The van der Waals surface area contributed by atoms with E-state index in [0.717, 1.165) is 19.8 Å². The van der Waals surface area contributed by atoms with Crippen LogP contribution in [0.25, 0.3) is 0 Å². The molecule has 1 atom stereocenters. The van der Waals surface area contributed by atoms with Crippen LogP contribution in [0.15, 0.2) is 6.07 Å². The molecule has 0 saturated carbocycles. The van der Waals surface area contributed by atoms with Crippen molar-refractivity contribution in [3.05, 3.63) is 17.5 Å². The van der Waals surface area contributed by atoms with Gasteiger partial charge in [-0.3, -0.25) is 4.68 Å². The first-order chi connectivity index (χ1) is 10.4. The fraction of sp³-hybridized carbons (Fsp3) is 0.842. The third-order valence-corrected chi connectivity index (χ3v) is 3.61. The van der Waals surface area contributed by atoms with Gasteiger partial charge < -0.3 is 4.74 Å². The number of nitrogens with zero attached hydrogens (tertiary/aromatic N) is 2. The summed E-state index contributed by atoms with van der Waals surface area (Å²) < 4.78 is 7.68. The lowest BCUT2D eigenvalue weighted by Crippen LogP contribution is -2.21. The maximum absolute atomic E-state index is 5.47. The molecule has 1 aliphatic rings. The van der Waals surface area contributed by atoms with E-state index in [0.29, 0.717) is 11.8 Å². The zero-order chi connectivity index (χ0) is 17.3. The molecule has 1 aromatic heterocycles. The molecular formula is C19H38N2O. The summed E-state index contributed by atoms with van der Waals surface area (Å²) in [6, 6.07) is 2.28. The summed E-state index contributed by atoms with van der Waals surface area (Å²) in [7, 11) is 0. The molecule has 0 N–H and O–H groups in total. The average Bonchev–Trinajstić information content (AvgIpc) is 3.12. The van der Waals surface area contributed by atoms with Crippen LogP contribution in [0.2, 0.25) is 0 Å². The minimum atomic E-state index is 0.152. The molecule has 0 spiro atoms. The standard InChI is InChI=1S/C15H26N2O.2C2H6/c1-11(2)13-8-14(15(3,4)5)17(16-13)9-12-6-7-18-10-12;2*1-2/h8,11-12H,6-7,9-10H2,1-5H3;2*1-2H3. The van der Waals surface area contributed by atoms with Crippen molar-refractivity contribution >= 4 is 0 Å². The Bertz CT molecular complexity index is 396. The van der Waals surface area contributed by atoms with Crippen molar-refractivity contribution in [1.29, 1.82) is 0 Å². The normalized spacial score (nSPS) is 17.6. The lowest BCUT2D eigenvalue weighted by atomic mass is 9.91. The SMILES string of the molecule is CC.CC.CC(C)c1cc(C(C)(C)C)n(CC2CCOC2)n1. The summed E-state index contributed by atoms with van der Waals surface area (Å²) in [4.78, 5) is 0. The monoisotopic (exact) mass is 310 g/mol. The number of ether oxygens (including phenoxy) is 1. The molecule has 22 heavy (non-hydrogen) atoms. The van der Waals surface area contributed by atoms with Crippen molar-refractivity contribution in [2.45, 2.75) is 86.6 Å². The van der Waals surface area contributed by atoms with E-state index in [-0.39, 0.29) is 5.41 Å². The molecule has 2 rings (SSSR count). The molecule has 0 aromatic carbocycles. The molecule has 1 aliphatic heterocycles. The molecule has 1 fully saturated rings. The molecule has 3 heteroatoms. The lowest BCUT2D eigenvalue weighted by molar-refractivity contribution is 0.181. The van der Waals surface area contributed by atoms with E-state index in [1.54, 1.807) is 0 Å². The highest BCUT2D eigenvalue weighted by molar-refractivity contribution is 5.20. The van der Waals surface area contributed by atoms with Crippen LogP contribution < -0.4 is 0 Å². The van der Waals surface area contributed by atoms with Gasteiger partial charge >= 0.3 is 0 Å². The van der Waals surface area contributed by atoms with E-state index in [9.17, 15) is 0 Å². The number of hydrogen-bond donors (Lipinski definition) is 0. The fourth-order valence-electron chi connectivity index (χ4n) is 2.43. The maximum atomic E-state index is 5.47. The summed E-state index contributed by atoms with van der Waals surface area (Å²) in [6.45, 7) is 22.0. The van der Waals surface area contributed by atoms with Crippen LogP contribution in [0.4, 0.5) is 0 Å². The van der Waals surface area contributed by atoms with Gasteiger partial charge in [-0.15, -0.1) is 0 Å². The molecule has 3 nitrogen and oxygen atoms in total. The Hall–Kier alpha value is -0.830. The Morgan fingerprint density at radius 2 is 1.82 bits per heavy atom. The third kappa shape index (κ3) is 6.12. The molecule has 1 aromatic rings. The molecule has 0 radical (unpaired) electrons. The van der Waals surface area contributed by atoms with Gasteiger partial charge in [-0.1, -0.05) is 62.3 Å². The van der Waals surface area contributed by atoms with Crippen LogP contribution in [0.1, 0.15) is 86.0 Å². The molecule has 1 saturated heterocycles. The van der Waals surface area contributed by atoms with Crippen molar-refractivity contribution < 1.29 is 4.74 Å². The van der Waals surface area contributed by atoms with Crippen LogP contribution in [-0.2, 0) is 16.7 Å². The predicted octanol–water partition coefficient (Wildman–Crippen LogP) is 5.39. The van der Waals surface area contributed by atoms with Crippen molar-refractivity contribution in [3.63, 3.8) is 0 Å². The minimum absolute atomic E-state index is 0.152. The molecule has 2 heterocycles. The highest BCUT2D eigenvalue weighted by atomic mass is 16.5. The largest absolute Gasteiger partial charge is 0.381 e. The molecule has 0 amide bonds. The minimum Gasteiger partial charge on any atom is -0.381 e. The van der Waals surface area contributed by atoms with Gasteiger partial charge in [0, 0.05) is 30.2 Å². The van der Waals surface area contributed by atoms with E-state index >= 15 is 0 Å². The van der Waals surface area contributed by atoms with Gasteiger partial charge in [-0.25, -0.2) is 0 Å². The van der Waals surface area contributed by atoms with E-state index in [2.05, 4.69) is 45.4 Å². The highest BCUT2D eigenvalue weighted by Gasteiger charge is 2.24. The summed E-state index contributed by atoms with van der Waals surface area (Å²) in [6.07, 6.45) is 1.17. The highest BCUT2D eigenvalue weighted by Crippen LogP contribution is 2.27. The van der Waals surface area contributed by atoms with Crippen molar-refractivity contribution in [3.8, 4) is 0 Å². The Kier molecular flexibility index (Phi) is 9.66. The van der Waals surface area contributed by atoms with Gasteiger partial charge in [0.05, 0.1) is 12.3 Å². The first kappa shape index (κ1) is 21.2. The topological polar surface area (TPSA) is 27.1 Å². The molecular weight excluding hydrogens is 272 g/mol. The Labute approximate surface area is 138 Å². The average molecular weight is 311 g/mol. The zero-order valence-electron chi connectivity index (χ0n) is 16.4. The Balaban J connectivity index is 0.00000102. The van der Waals surface area contributed by atoms with Crippen LogP contribution >= 0.6 is 0 Å². The Morgan fingerprint density at radius 3 is 2.23 bits per heavy atom. The Morgan fingerprint density at radius 1 is 1.23 bits per heavy atom. The summed E-state index contributed by atoms with van der Waals surface area (Å²) in [5.41, 5.74) is 2.71. The van der Waals surface area contributed by atoms with Crippen molar-refractivity contribution in [1.82, 2.24) is 9.78 Å². The van der Waals surface area contributed by atoms with E-state index in [1.807, 2.05) is 27.7 Å². The van der Waals surface area contributed by atoms with Crippen molar-refractivity contribution in [2.75, 3.05) is 13.2 Å². The maximum Gasteiger partial charge on any atom is 0.0653 e. The second kappa shape index (κ2) is 10.0. The second-order valence-corrected chi connectivity index (χ2v) is 6.77. The molecule has 0 aliphatic carbocycles. The number of aromatic nitrogens is 2. The zero-order valence-corrected chi connectivity index (χ0v) is 16.4. The van der Waals surface area contributed by atoms with E-state index in [4.69, 9.17) is 9.84 Å². The third-order valence-electron chi connectivity index (χ3n) is 3.61. The van der Waals surface area contributed by atoms with Gasteiger partial charge in [0.2, 0.25) is 0 Å². The number of rotatable bonds is 3. The van der Waals surface area contributed by atoms with Crippen molar-refractivity contribution in [2.24, 2.45) is 5.92 Å². The summed E-state index contributed by atoms with van der Waals surface area (Å²) >= 11 is 0. The van der Waals surface area contributed by atoms with Crippen LogP contribution in [0.3, 0.4) is 0 Å². The number of hydrogen-bond acceptors (Lipinski definition) is 2. The predicted molar refractivity (Wildman–Crippen MR) is 96.6 cm³/mol. The fourth-order valence-corrected chi connectivity index (χ4v) is 2.43. The van der Waals surface area contributed by atoms with Gasteiger partial charge in [0.1, 0.15) is 0 Å². The molecule has 1 unspecified atom stereocenters. The smallest absolute Gasteiger partial charge is 0.0653 e. The molecule has 130 valence electrons. The van der Waals surface area contributed by atoms with Gasteiger partial charge in [0.15, 0.2) is 0 Å². The lowest BCUT2D eigenvalue weighted by Gasteiger charge is -2.21. The summed E-state index contributed by atoms with van der Waals surface area (Å²) in [5, 5.41) is 4.80. The van der Waals surface area contributed by atoms with Gasteiger partial charge in [-0.05, 0) is 18.4 Å². The van der Waals surface area contributed by atoms with Gasteiger partial charge in [-0.2, -0.15) is 5.10 Å². The molecule has 0 bridgehead atoms. The quantitative estimate of drug-likeness (QED) is 0.748. The van der Waals surface area contributed by atoms with Crippen LogP contribution in [0.5, 0.6) is 0 Å². The first-order valence-electron chi connectivity index (χ1n) is 9.04. The van der Waals surface area contributed by atoms with Gasteiger partial charge in [0.25, 0.3) is 0 Å². The second-order valence-electron chi connectivity index (χ2n) is 6.77. The van der Waals surface area contributed by atoms with E-state index < -0.39 is 0 Å². The summed E-state index contributed by atoms with van der Waals surface area (Å²) in [5.74, 6) is 1.12. The first-order valence-corrected chi connectivity index (χ1v) is 9.04. The van der Waals surface area contributed by atoms with Crippen LogP contribution in [-0.4, -0.2) is 23.0 Å².